The molecule has 0 saturated heterocycles. The molecule has 0 spiro atoms. The van der Waals surface area contributed by atoms with Crippen LogP contribution in [-0.4, -0.2) is 62.3 Å². The van der Waals surface area contributed by atoms with Gasteiger partial charge in [0.25, 0.3) is 11.8 Å². The van der Waals surface area contributed by atoms with Crippen molar-refractivity contribution in [1.29, 1.82) is 0 Å². The van der Waals surface area contributed by atoms with Gasteiger partial charge < -0.3 is 10.1 Å². The minimum Gasteiger partial charge on any atom is -0.450 e. The van der Waals surface area contributed by atoms with Gasteiger partial charge in [0.05, 0.1) is 17.1 Å². The smallest absolute Gasteiger partial charge is 0.414 e. The van der Waals surface area contributed by atoms with Crippen LogP contribution in [0.5, 0.6) is 0 Å². The largest absolute Gasteiger partial charge is 0.450 e. The maximum Gasteiger partial charge on any atom is 0.414 e. The molecule has 3 amide bonds. The minimum absolute atomic E-state index is 0.0585. The molecule has 1 aliphatic rings. The van der Waals surface area contributed by atoms with Gasteiger partial charge in [-0.1, -0.05) is 37.3 Å². The summed E-state index contributed by atoms with van der Waals surface area (Å²) < 4.78 is 32.2. The fraction of sp³-hybridized carbons (Fsp3) is 0.321. The third-order valence-corrected chi connectivity index (χ3v) is 9.55. The van der Waals surface area contributed by atoms with E-state index in [0.29, 0.717) is 18.0 Å². The third-order valence-electron chi connectivity index (χ3n) is 6.60. The number of nitrogens with one attached hydrogen (secondary N) is 2. The van der Waals surface area contributed by atoms with Crippen LogP contribution in [0.2, 0.25) is 0 Å². The normalized spacial score (nSPS) is 13.5. The summed E-state index contributed by atoms with van der Waals surface area (Å²) in [5, 5.41) is 5.37. The summed E-state index contributed by atoms with van der Waals surface area (Å²) in [6.07, 6.45) is -0.255. The van der Waals surface area contributed by atoms with Crippen LogP contribution in [0.3, 0.4) is 0 Å². The van der Waals surface area contributed by atoms with Crippen LogP contribution in [0.15, 0.2) is 59.5 Å². The number of thiophene rings is 1. The first-order valence-electron chi connectivity index (χ1n) is 12.9. The van der Waals surface area contributed by atoms with Gasteiger partial charge in [-0.25, -0.2) is 13.2 Å². The van der Waals surface area contributed by atoms with Gasteiger partial charge in [0.15, 0.2) is 0 Å². The van der Waals surface area contributed by atoms with E-state index in [2.05, 4.69) is 22.5 Å². The van der Waals surface area contributed by atoms with E-state index in [0.717, 1.165) is 29.1 Å². The summed E-state index contributed by atoms with van der Waals surface area (Å²) in [7, 11) is -2.28. The molecule has 12 heteroatoms. The lowest BCUT2D eigenvalue weighted by Crippen LogP contribution is -2.34. The summed E-state index contributed by atoms with van der Waals surface area (Å²) in [5.74, 6) is -1.14. The van der Waals surface area contributed by atoms with E-state index in [4.69, 9.17) is 4.74 Å². The van der Waals surface area contributed by atoms with E-state index in [9.17, 15) is 22.8 Å². The molecule has 2 N–H and O–H groups in total. The minimum atomic E-state index is -3.78. The average molecular weight is 585 g/mol. The Balaban J connectivity index is 1.54. The Bertz CT molecular complexity index is 1490. The summed E-state index contributed by atoms with van der Waals surface area (Å²) in [5.41, 5.74) is 2.13. The number of benzene rings is 2. The van der Waals surface area contributed by atoms with E-state index in [1.807, 2.05) is 30.3 Å². The monoisotopic (exact) mass is 584 g/mol. The number of nitrogens with zero attached hydrogens (tertiary/aromatic N) is 2. The van der Waals surface area contributed by atoms with E-state index in [1.54, 1.807) is 6.92 Å². The van der Waals surface area contributed by atoms with Gasteiger partial charge in [-0.05, 0) is 55.3 Å². The molecule has 40 heavy (non-hydrogen) atoms. The predicted molar refractivity (Wildman–Crippen MR) is 153 cm³/mol. The quantitative estimate of drug-likeness (QED) is 0.388. The number of hydrogen-bond donors (Lipinski definition) is 2. The highest BCUT2D eigenvalue weighted by molar-refractivity contribution is 7.89. The number of hydrogen-bond acceptors (Lipinski definition) is 8. The molecule has 0 aliphatic carbocycles. The first-order chi connectivity index (χ1) is 19.1. The number of ether oxygens (including phenoxy) is 1. The van der Waals surface area contributed by atoms with Crippen molar-refractivity contribution in [3.05, 3.63) is 81.7 Å². The first-order valence-corrected chi connectivity index (χ1v) is 15.2. The van der Waals surface area contributed by atoms with E-state index < -0.39 is 27.9 Å². The maximum atomic E-state index is 13.2. The third kappa shape index (κ3) is 6.58. The van der Waals surface area contributed by atoms with Crippen LogP contribution in [0.25, 0.3) is 0 Å². The zero-order valence-corrected chi connectivity index (χ0v) is 24.2. The van der Waals surface area contributed by atoms with Crippen molar-refractivity contribution in [2.24, 2.45) is 0 Å². The molecule has 2 aromatic carbocycles. The highest BCUT2D eigenvalue weighted by Crippen LogP contribution is 2.37. The fourth-order valence-electron chi connectivity index (χ4n) is 4.44. The number of alkyl carbamates (subject to hydrolysis) is 1. The van der Waals surface area contributed by atoms with Crippen molar-refractivity contribution in [1.82, 2.24) is 14.5 Å². The Morgan fingerprint density at radius 3 is 2.38 bits per heavy atom. The van der Waals surface area contributed by atoms with Gasteiger partial charge in [-0.2, -0.15) is 4.31 Å². The lowest BCUT2D eigenvalue weighted by Gasteiger charge is -2.25. The van der Waals surface area contributed by atoms with Gasteiger partial charge in [0.2, 0.25) is 10.0 Å². The molecule has 0 radical (unpaired) electrons. The van der Waals surface area contributed by atoms with Crippen molar-refractivity contribution in [3.63, 3.8) is 0 Å². The number of amides is 3. The second-order valence-electron chi connectivity index (χ2n) is 9.23. The van der Waals surface area contributed by atoms with E-state index in [-0.39, 0.29) is 29.2 Å². The molecule has 0 unspecified atom stereocenters. The highest BCUT2D eigenvalue weighted by atomic mass is 32.2. The van der Waals surface area contributed by atoms with Gasteiger partial charge >= 0.3 is 6.09 Å². The van der Waals surface area contributed by atoms with Crippen LogP contribution >= 0.6 is 11.3 Å². The van der Waals surface area contributed by atoms with Gasteiger partial charge in [0, 0.05) is 37.1 Å². The fourth-order valence-corrected chi connectivity index (χ4v) is 6.88. The Morgan fingerprint density at radius 2 is 1.73 bits per heavy atom. The number of carbonyl (C=O) groups is 3. The van der Waals surface area contributed by atoms with Crippen LogP contribution in [-0.2, 0) is 34.3 Å². The van der Waals surface area contributed by atoms with Gasteiger partial charge in [-0.15, -0.1) is 11.3 Å². The summed E-state index contributed by atoms with van der Waals surface area (Å²) >= 11 is 1.30. The zero-order chi connectivity index (χ0) is 28.9. The topological polar surface area (TPSA) is 125 Å². The molecular formula is C28H32N4O6S2. The lowest BCUT2D eigenvalue weighted by atomic mass is 10.0. The molecule has 2 heterocycles. The zero-order valence-electron chi connectivity index (χ0n) is 22.6. The first kappa shape index (κ1) is 29.4. The van der Waals surface area contributed by atoms with Crippen molar-refractivity contribution in [2.75, 3.05) is 32.1 Å². The van der Waals surface area contributed by atoms with Gasteiger partial charge in [-0.3, -0.25) is 19.8 Å². The highest BCUT2D eigenvalue weighted by Gasteiger charge is 2.30. The summed E-state index contributed by atoms with van der Waals surface area (Å²) in [6.45, 7) is 6.25. The summed E-state index contributed by atoms with van der Waals surface area (Å²) in [4.78, 5) is 41.4. The van der Waals surface area contributed by atoms with Gasteiger partial charge in [0.1, 0.15) is 5.00 Å². The second kappa shape index (κ2) is 12.7. The van der Waals surface area contributed by atoms with E-state index in [1.165, 1.54) is 47.0 Å². The van der Waals surface area contributed by atoms with Crippen LogP contribution in [0, 0.1) is 0 Å². The Hall–Kier alpha value is -3.58. The standard InChI is InChI=1S/C28H32N4O6S2/c1-4-32-16-15-22-23(18-32)39-27(24(22)26(34)30-28(35)38-5-2)29-25(33)20-11-13-21(14-12-20)40(36,37)31(3)17-19-9-7-6-8-10-19/h6-14H,4-5,15-18H2,1-3H3,(H,29,33)(H,30,34,35). The molecule has 1 aromatic heterocycles. The van der Waals surface area contributed by atoms with Crippen LogP contribution in [0.4, 0.5) is 9.80 Å². The molecule has 0 bridgehead atoms. The number of likely N-dealkylation sites (N-methyl/N-ethyl adjacent to an activating group) is 1. The Morgan fingerprint density at radius 1 is 1.02 bits per heavy atom. The Kier molecular flexibility index (Phi) is 9.36. The van der Waals surface area contributed by atoms with Crippen molar-refractivity contribution in [2.45, 2.75) is 38.3 Å². The van der Waals surface area contributed by atoms with Crippen LogP contribution in [0.1, 0.15) is 50.6 Å². The average Bonchev–Trinajstić information content (AvgIpc) is 3.30. The van der Waals surface area contributed by atoms with Crippen molar-refractivity contribution >= 4 is 44.3 Å². The molecule has 0 atom stereocenters. The Labute approximate surface area is 238 Å². The number of imide groups is 1. The van der Waals surface area contributed by atoms with Crippen LogP contribution < -0.4 is 10.6 Å². The molecule has 212 valence electrons. The molecule has 3 aromatic rings. The number of fused-ring (bicyclic) bond motifs is 1. The molecule has 4 rings (SSSR count). The van der Waals surface area contributed by atoms with Crippen molar-refractivity contribution in [3.8, 4) is 0 Å². The molecule has 0 saturated carbocycles. The van der Waals surface area contributed by atoms with Crippen molar-refractivity contribution < 1.29 is 27.5 Å². The molecule has 1 aliphatic heterocycles. The number of sulfonamides is 1. The van der Waals surface area contributed by atoms with E-state index >= 15 is 0 Å². The molecule has 10 nitrogen and oxygen atoms in total. The molecular weight excluding hydrogens is 552 g/mol. The molecule has 0 fully saturated rings. The summed E-state index contributed by atoms with van der Waals surface area (Å²) in [6, 6.07) is 14.9. The lowest BCUT2D eigenvalue weighted by molar-refractivity contribution is 0.0924. The number of rotatable bonds is 9. The number of anilines is 1. The number of carbonyl (C=O) groups excluding carboxylic acids is 3. The SMILES string of the molecule is CCOC(=O)NC(=O)c1c(NC(=O)c2ccc(S(=O)(=O)N(C)Cc3ccccc3)cc2)sc2c1CCN(CC)C2. The predicted octanol–water partition coefficient (Wildman–Crippen LogP) is 4.09. The maximum absolute atomic E-state index is 13.2. The second-order valence-corrected chi connectivity index (χ2v) is 12.4.